The van der Waals surface area contributed by atoms with Crippen LogP contribution < -0.4 is 10.6 Å². The number of ether oxygens (including phenoxy) is 6. The molecule has 0 spiro atoms. The monoisotopic (exact) mass is 570 g/mol. The highest BCUT2D eigenvalue weighted by molar-refractivity contribution is 8.76. The summed E-state index contributed by atoms with van der Waals surface area (Å²) >= 11 is 0. The van der Waals surface area contributed by atoms with Gasteiger partial charge >= 0.3 is 6.09 Å². The smallest absolute Gasteiger partial charge is 0.407 e. The number of nitrogens with one attached hydrogen (secondary N) is 2. The van der Waals surface area contributed by atoms with Crippen molar-refractivity contribution in [3.05, 3.63) is 0 Å². The normalized spacial score (nSPS) is 17.0. The van der Waals surface area contributed by atoms with Crippen LogP contribution in [0.1, 0.15) is 52.9 Å². The Bertz CT molecular complexity index is 527. The Labute approximate surface area is 231 Å². The molecule has 0 aromatic carbocycles. The molecule has 0 saturated heterocycles. The van der Waals surface area contributed by atoms with Gasteiger partial charge in [0, 0.05) is 24.3 Å². The highest BCUT2D eigenvalue weighted by atomic mass is 33.1. The predicted molar refractivity (Wildman–Crippen MR) is 150 cm³/mol. The van der Waals surface area contributed by atoms with Crippen LogP contribution in [0.3, 0.4) is 0 Å². The van der Waals surface area contributed by atoms with Crippen molar-refractivity contribution in [2.75, 3.05) is 85.5 Å². The van der Waals surface area contributed by atoms with Gasteiger partial charge in [0.1, 0.15) is 6.61 Å². The van der Waals surface area contributed by atoms with Crippen molar-refractivity contribution in [3.8, 4) is 0 Å². The fourth-order valence-electron chi connectivity index (χ4n) is 3.21. The zero-order valence-corrected chi connectivity index (χ0v) is 24.9. The number of rotatable bonds is 22. The average Bonchev–Trinajstić information content (AvgIpc) is 2.92. The molecule has 0 aromatic rings. The molecule has 0 aromatic heterocycles. The van der Waals surface area contributed by atoms with Crippen molar-refractivity contribution in [2.45, 2.75) is 64.2 Å². The minimum absolute atomic E-state index is 0.0261. The molecular formula is C25H50N2O8S2. The first-order chi connectivity index (χ1) is 18.2. The number of amides is 2. The first-order valence-electron chi connectivity index (χ1n) is 13.4. The van der Waals surface area contributed by atoms with Gasteiger partial charge in [-0.3, -0.25) is 4.79 Å². The Morgan fingerprint density at radius 2 is 1.19 bits per heavy atom. The van der Waals surface area contributed by atoms with E-state index in [1.54, 1.807) is 0 Å². The average molecular weight is 571 g/mol. The van der Waals surface area contributed by atoms with Crippen LogP contribution in [0.25, 0.3) is 0 Å². The lowest BCUT2D eigenvalue weighted by Gasteiger charge is -2.27. The second-order valence-corrected chi connectivity index (χ2v) is 10.6. The molecule has 0 unspecified atom stereocenters. The van der Waals surface area contributed by atoms with Crippen LogP contribution in [-0.4, -0.2) is 109 Å². The van der Waals surface area contributed by atoms with E-state index in [0.717, 1.165) is 25.7 Å². The first kappa shape index (κ1) is 36.2. The minimum atomic E-state index is -0.364. The van der Waals surface area contributed by atoms with Gasteiger partial charge in [-0.2, -0.15) is 0 Å². The van der Waals surface area contributed by atoms with Crippen LogP contribution in [0, 0.1) is 0 Å². The summed E-state index contributed by atoms with van der Waals surface area (Å²) in [4.78, 5) is 22.9. The van der Waals surface area contributed by atoms with Gasteiger partial charge in [0.15, 0.2) is 0 Å². The van der Waals surface area contributed by atoms with Crippen LogP contribution in [0.4, 0.5) is 4.79 Å². The van der Waals surface area contributed by atoms with Gasteiger partial charge in [0.25, 0.3) is 0 Å². The first-order valence-corrected chi connectivity index (χ1v) is 16.1. The maximum absolute atomic E-state index is 11.9. The third-order valence-corrected chi connectivity index (χ3v) is 7.40. The van der Waals surface area contributed by atoms with E-state index in [1.165, 1.54) is 0 Å². The predicted octanol–water partition coefficient (Wildman–Crippen LogP) is 3.67. The maximum atomic E-state index is 11.9. The summed E-state index contributed by atoms with van der Waals surface area (Å²) in [6.07, 6.45) is 6.52. The van der Waals surface area contributed by atoms with Gasteiger partial charge < -0.3 is 39.1 Å². The van der Waals surface area contributed by atoms with Crippen molar-refractivity contribution >= 4 is 33.6 Å². The standard InChI is InChI=1S/C23H44N2O8S2.C2H6/c1-3-22(26)24-8-9-28-10-11-29-12-13-30-14-15-31-16-17-32-18-19-33-23(27)25-20-4-6-21(7-5-20)35-34-2;1-2/h20-21H,3-19H2,1-2H3,(H,24,26)(H,25,27);1-2H3. The summed E-state index contributed by atoms with van der Waals surface area (Å²) in [5.41, 5.74) is 0. The largest absolute Gasteiger partial charge is 0.447 e. The SMILES string of the molecule is CC.CCC(=O)NCCOCCOCCOCCOCCOCCOC(=O)NC1CCC(SSC)CC1. The van der Waals surface area contributed by atoms with Gasteiger partial charge in [-0.1, -0.05) is 42.4 Å². The zero-order chi connectivity index (χ0) is 27.4. The molecule has 0 heterocycles. The van der Waals surface area contributed by atoms with E-state index >= 15 is 0 Å². The Morgan fingerprint density at radius 1 is 0.730 bits per heavy atom. The van der Waals surface area contributed by atoms with Crippen molar-refractivity contribution in [3.63, 3.8) is 0 Å². The molecule has 0 atom stereocenters. The zero-order valence-electron chi connectivity index (χ0n) is 23.3. The van der Waals surface area contributed by atoms with Crippen LogP contribution in [-0.2, 0) is 33.2 Å². The second-order valence-electron chi connectivity index (χ2n) is 7.78. The molecule has 10 nitrogen and oxygen atoms in total. The molecule has 1 rings (SSSR count). The van der Waals surface area contributed by atoms with Gasteiger partial charge in [-0.25, -0.2) is 4.79 Å². The van der Waals surface area contributed by atoms with Gasteiger partial charge in [0.05, 0.1) is 66.1 Å². The fraction of sp³-hybridized carbons (Fsp3) is 0.920. The van der Waals surface area contributed by atoms with Crippen LogP contribution in [0.2, 0.25) is 0 Å². The van der Waals surface area contributed by atoms with Crippen molar-refractivity contribution in [1.82, 2.24) is 10.6 Å². The third kappa shape index (κ3) is 24.0. The molecule has 1 aliphatic rings. The lowest BCUT2D eigenvalue weighted by molar-refractivity contribution is -0.121. The second kappa shape index (κ2) is 28.3. The van der Waals surface area contributed by atoms with Gasteiger partial charge in [-0.05, 0) is 31.9 Å². The minimum Gasteiger partial charge on any atom is -0.447 e. The molecule has 12 heteroatoms. The molecule has 2 N–H and O–H groups in total. The van der Waals surface area contributed by atoms with E-state index in [2.05, 4.69) is 16.9 Å². The Hall–Kier alpha value is -0.760. The molecule has 2 amide bonds. The van der Waals surface area contributed by atoms with Crippen LogP contribution in [0.5, 0.6) is 0 Å². The quantitative estimate of drug-likeness (QED) is 0.148. The molecule has 0 radical (unpaired) electrons. The lowest BCUT2D eigenvalue weighted by Crippen LogP contribution is -2.38. The Balaban J connectivity index is 0.00000631. The van der Waals surface area contributed by atoms with E-state index in [0.29, 0.717) is 84.3 Å². The van der Waals surface area contributed by atoms with E-state index in [1.807, 2.05) is 42.4 Å². The Kier molecular flexibility index (Phi) is 27.7. The summed E-state index contributed by atoms with van der Waals surface area (Å²) in [5, 5.41) is 6.38. The number of hydrogen-bond acceptors (Lipinski definition) is 10. The summed E-state index contributed by atoms with van der Waals surface area (Å²) in [7, 11) is 3.74. The summed E-state index contributed by atoms with van der Waals surface area (Å²) < 4.78 is 32.2. The summed E-state index contributed by atoms with van der Waals surface area (Å²) in [5.74, 6) is 0.0261. The number of hydrogen-bond donors (Lipinski definition) is 2. The number of carbonyl (C=O) groups excluding carboxylic acids is 2. The maximum Gasteiger partial charge on any atom is 0.407 e. The van der Waals surface area contributed by atoms with Crippen LogP contribution >= 0.6 is 21.6 Å². The highest BCUT2D eigenvalue weighted by Gasteiger charge is 2.22. The topological polar surface area (TPSA) is 114 Å². The molecule has 0 aliphatic heterocycles. The molecule has 0 bridgehead atoms. The van der Waals surface area contributed by atoms with Crippen LogP contribution in [0.15, 0.2) is 0 Å². The fourth-order valence-corrected chi connectivity index (χ4v) is 5.34. The van der Waals surface area contributed by atoms with E-state index in [4.69, 9.17) is 28.4 Å². The van der Waals surface area contributed by atoms with Crippen molar-refractivity contribution in [1.29, 1.82) is 0 Å². The number of alkyl carbamates (subject to hydrolysis) is 1. The molecule has 1 aliphatic carbocycles. The number of carbonyl (C=O) groups is 2. The molecule has 220 valence electrons. The van der Waals surface area contributed by atoms with E-state index < -0.39 is 0 Å². The molecule has 1 saturated carbocycles. The Morgan fingerprint density at radius 3 is 1.65 bits per heavy atom. The summed E-state index contributed by atoms with van der Waals surface area (Å²) in [6.45, 7) is 11.2. The van der Waals surface area contributed by atoms with Gasteiger partial charge in [0.2, 0.25) is 5.91 Å². The lowest BCUT2D eigenvalue weighted by atomic mass is 9.95. The highest BCUT2D eigenvalue weighted by Crippen LogP contribution is 2.34. The molecule has 1 fully saturated rings. The van der Waals surface area contributed by atoms with Crippen molar-refractivity contribution < 1.29 is 38.0 Å². The third-order valence-electron chi connectivity index (χ3n) is 5.07. The molecular weight excluding hydrogens is 520 g/mol. The summed E-state index contributed by atoms with van der Waals surface area (Å²) in [6, 6.07) is 0.218. The van der Waals surface area contributed by atoms with Gasteiger partial charge in [-0.15, -0.1) is 0 Å². The van der Waals surface area contributed by atoms with E-state index in [-0.39, 0.29) is 24.6 Å². The van der Waals surface area contributed by atoms with E-state index in [9.17, 15) is 9.59 Å². The molecule has 37 heavy (non-hydrogen) atoms. The van der Waals surface area contributed by atoms with Crippen molar-refractivity contribution in [2.24, 2.45) is 0 Å².